The summed E-state index contributed by atoms with van der Waals surface area (Å²) in [6.45, 7) is 2.78. The van der Waals surface area contributed by atoms with E-state index in [1.54, 1.807) is 6.92 Å². The summed E-state index contributed by atoms with van der Waals surface area (Å²) in [5.41, 5.74) is 0. The Bertz CT molecular complexity index is 349. The molecule has 0 saturated heterocycles. The van der Waals surface area contributed by atoms with Crippen LogP contribution in [0.5, 0.6) is 5.19 Å². The molecule has 0 aliphatic heterocycles. The summed E-state index contributed by atoms with van der Waals surface area (Å²) in [4.78, 5) is 11.2. The van der Waals surface area contributed by atoms with Gasteiger partial charge >= 0.3 is 5.97 Å². The maximum atomic E-state index is 11.2. The minimum absolute atomic E-state index is 0.252. The smallest absolute Gasteiger partial charge is 0.369 e. The largest absolute Gasteiger partial charge is 0.469 e. The standard InChI is InChI=1S/C9H12N2O3S/c1-2-13-8(12)7-10-11-9(15-7)14-5-6-3-4-6/h6H,2-5H2,1H3. The molecular formula is C9H12N2O3S. The summed E-state index contributed by atoms with van der Waals surface area (Å²) >= 11 is 1.13. The van der Waals surface area contributed by atoms with Crippen molar-refractivity contribution in [2.75, 3.05) is 13.2 Å². The van der Waals surface area contributed by atoms with Crippen LogP contribution in [0.4, 0.5) is 0 Å². The van der Waals surface area contributed by atoms with E-state index in [9.17, 15) is 4.79 Å². The van der Waals surface area contributed by atoms with Crippen molar-refractivity contribution in [1.82, 2.24) is 10.2 Å². The average Bonchev–Trinajstić information content (AvgIpc) is 2.93. The van der Waals surface area contributed by atoms with E-state index < -0.39 is 5.97 Å². The molecule has 0 bridgehead atoms. The van der Waals surface area contributed by atoms with Gasteiger partial charge in [-0.25, -0.2) is 4.79 Å². The van der Waals surface area contributed by atoms with Crippen LogP contribution in [-0.2, 0) is 4.74 Å². The van der Waals surface area contributed by atoms with E-state index >= 15 is 0 Å². The molecule has 0 unspecified atom stereocenters. The molecule has 0 N–H and O–H groups in total. The lowest BCUT2D eigenvalue weighted by Crippen LogP contribution is -2.03. The van der Waals surface area contributed by atoms with Gasteiger partial charge in [0.2, 0.25) is 5.01 Å². The molecule has 82 valence electrons. The second-order valence-corrected chi connectivity index (χ2v) is 4.29. The van der Waals surface area contributed by atoms with Crippen molar-refractivity contribution in [3.05, 3.63) is 5.01 Å². The van der Waals surface area contributed by atoms with Crippen LogP contribution in [0.25, 0.3) is 0 Å². The lowest BCUT2D eigenvalue weighted by molar-refractivity contribution is 0.0525. The number of hydrogen-bond donors (Lipinski definition) is 0. The van der Waals surface area contributed by atoms with Crippen molar-refractivity contribution in [2.45, 2.75) is 19.8 Å². The van der Waals surface area contributed by atoms with Crippen LogP contribution in [0.1, 0.15) is 29.6 Å². The van der Waals surface area contributed by atoms with Crippen LogP contribution >= 0.6 is 11.3 Å². The molecule has 2 rings (SSSR count). The molecule has 0 atom stereocenters. The van der Waals surface area contributed by atoms with Gasteiger partial charge in [0.1, 0.15) is 0 Å². The molecule has 0 amide bonds. The molecule has 1 aliphatic carbocycles. The number of nitrogens with zero attached hydrogens (tertiary/aromatic N) is 2. The van der Waals surface area contributed by atoms with E-state index in [2.05, 4.69) is 10.2 Å². The fourth-order valence-electron chi connectivity index (χ4n) is 1.02. The average molecular weight is 228 g/mol. The van der Waals surface area contributed by atoms with E-state index in [0.717, 1.165) is 11.3 Å². The lowest BCUT2D eigenvalue weighted by atomic mass is 10.5. The number of aromatic nitrogens is 2. The molecule has 5 nitrogen and oxygen atoms in total. The number of esters is 1. The second kappa shape index (κ2) is 4.57. The number of rotatable bonds is 5. The summed E-state index contributed by atoms with van der Waals surface area (Å²) < 4.78 is 10.2. The monoisotopic (exact) mass is 228 g/mol. The topological polar surface area (TPSA) is 61.3 Å². The van der Waals surface area contributed by atoms with E-state index in [1.807, 2.05) is 0 Å². The molecule has 15 heavy (non-hydrogen) atoms. The minimum Gasteiger partial charge on any atom is -0.469 e. The molecule has 1 fully saturated rings. The maximum Gasteiger partial charge on any atom is 0.369 e. The van der Waals surface area contributed by atoms with Gasteiger partial charge in [-0.2, -0.15) is 0 Å². The molecule has 1 aliphatic rings. The third kappa shape index (κ3) is 2.89. The Balaban J connectivity index is 1.87. The van der Waals surface area contributed by atoms with Crippen molar-refractivity contribution in [2.24, 2.45) is 5.92 Å². The summed E-state index contributed by atoms with van der Waals surface area (Å²) in [5, 5.41) is 8.17. The molecule has 1 aromatic heterocycles. The van der Waals surface area contributed by atoms with Crippen LogP contribution in [-0.4, -0.2) is 29.4 Å². The van der Waals surface area contributed by atoms with Gasteiger partial charge in [-0.3, -0.25) is 0 Å². The predicted octanol–water partition coefficient (Wildman–Crippen LogP) is 1.50. The maximum absolute atomic E-state index is 11.2. The fourth-order valence-corrected chi connectivity index (χ4v) is 1.62. The molecular weight excluding hydrogens is 216 g/mol. The van der Waals surface area contributed by atoms with Gasteiger partial charge in [0.05, 0.1) is 13.2 Å². The van der Waals surface area contributed by atoms with Gasteiger partial charge in [-0.1, -0.05) is 5.10 Å². The van der Waals surface area contributed by atoms with Gasteiger partial charge in [0.15, 0.2) is 0 Å². The Hall–Kier alpha value is -1.17. The van der Waals surface area contributed by atoms with Gasteiger partial charge in [-0.05, 0) is 37.0 Å². The molecule has 1 saturated carbocycles. The first kappa shape index (κ1) is 10.4. The lowest BCUT2D eigenvalue weighted by Gasteiger charge is -1.97. The summed E-state index contributed by atoms with van der Waals surface area (Å²) in [7, 11) is 0. The SMILES string of the molecule is CCOC(=O)c1nnc(OCC2CC2)s1. The molecule has 0 aromatic carbocycles. The summed E-state index contributed by atoms with van der Waals surface area (Å²) in [5.74, 6) is 0.233. The molecule has 1 heterocycles. The highest BCUT2D eigenvalue weighted by molar-refractivity contribution is 7.14. The Morgan fingerprint density at radius 2 is 2.33 bits per heavy atom. The second-order valence-electron chi connectivity index (χ2n) is 3.35. The summed E-state index contributed by atoms with van der Waals surface area (Å²) in [6, 6.07) is 0. The van der Waals surface area contributed by atoms with Gasteiger partial charge in [0, 0.05) is 0 Å². The first-order valence-corrected chi connectivity index (χ1v) is 5.74. The Morgan fingerprint density at radius 1 is 1.53 bits per heavy atom. The van der Waals surface area contributed by atoms with E-state index in [1.165, 1.54) is 12.8 Å². The molecule has 0 spiro atoms. The zero-order chi connectivity index (χ0) is 10.7. The van der Waals surface area contributed by atoms with Crippen molar-refractivity contribution in [3.8, 4) is 5.19 Å². The number of carbonyl (C=O) groups excluding carboxylic acids is 1. The Kier molecular flexibility index (Phi) is 3.15. The van der Waals surface area contributed by atoms with E-state index in [-0.39, 0.29) is 5.01 Å². The van der Waals surface area contributed by atoms with E-state index in [0.29, 0.717) is 24.3 Å². The highest BCUT2D eigenvalue weighted by Crippen LogP contribution is 2.30. The Labute approximate surface area is 91.4 Å². The zero-order valence-corrected chi connectivity index (χ0v) is 9.25. The van der Waals surface area contributed by atoms with Crippen molar-refractivity contribution >= 4 is 17.3 Å². The highest BCUT2D eigenvalue weighted by atomic mass is 32.1. The van der Waals surface area contributed by atoms with E-state index in [4.69, 9.17) is 9.47 Å². The third-order valence-electron chi connectivity index (χ3n) is 2.00. The van der Waals surface area contributed by atoms with Gasteiger partial charge < -0.3 is 9.47 Å². The quantitative estimate of drug-likeness (QED) is 0.715. The normalized spacial score (nSPS) is 15.0. The summed E-state index contributed by atoms with van der Waals surface area (Å²) in [6.07, 6.45) is 2.45. The van der Waals surface area contributed by atoms with Crippen molar-refractivity contribution < 1.29 is 14.3 Å². The van der Waals surface area contributed by atoms with Crippen LogP contribution in [0.2, 0.25) is 0 Å². The van der Waals surface area contributed by atoms with Crippen molar-refractivity contribution in [3.63, 3.8) is 0 Å². The van der Waals surface area contributed by atoms with Crippen LogP contribution < -0.4 is 4.74 Å². The highest BCUT2D eigenvalue weighted by Gasteiger charge is 2.23. The van der Waals surface area contributed by atoms with Gasteiger partial charge in [0.25, 0.3) is 5.19 Å². The van der Waals surface area contributed by atoms with Gasteiger partial charge in [-0.15, -0.1) is 5.10 Å². The van der Waals surface area contributed by atoms with Crippen LogP contribution in [0, 0.1) is 5.92 Å². The fraction of sp³-hybridized carbons (Fsp3) is 0.667. The van der Waals surface area contributed by atoms with Crippen LogP contribution in [0.3, 0.4) is 0 Å². The van der Waals surface area contributed by atoms with Crippen LogP contribution in [0.15, 0.2) is 0 Å². The number of hydrogen-bond acceptors (Lipinski definition) is 6. The first-order valence-electron chi connectivity index (χ1n) is 4.93. The molecule has 1 aromatic rings. The third-order valence-corrected chi connectivity index (χ3v) is 2.81. The Morgan fingerprint density at radius 3 is 3.00 bits per heavy atom. The molecule has 6 heteroatoms. The number of ether oxygens (including phenoxy) is 2. The number of carbonyl (C=O) groups is 1. The molecule has 0 radical (unpaired) electrons. The first-order chi connectivity index (χ1) is 7.29. The zero-order valence-electron chi connectivity index (χ0n) is 8.43. The minimum atomic E-state index is -0.434. The predicted molar refractivity (Wildman–Crippen MR) is 54.1 cm³/mol. The van der Waals surface area contributed by atoms with Crippen molar-refractivity contribution in [1.29, 1.82) is 0 Å².